The van der Waals surface area contributed by atoms with Crippen LogP contribution in [0, 0.1) is 0 Å². The van der Waals surface area contributed by atoms with Crippen LogP contribution >= 0.6 is 0 Å². The first-order valence-corrected chi connectivity index (χ1v) is 5.45. The highest BCUT2D eigenvalue weighted by Gasteiger charge is 2.14. The maximum atomic E-state index is 5.17. The molecule has 0 saturated heterocycles. The van der Waals surface area contributed by atoms with Crippen molar-refractivity contribution in [2.75, 3.05) is 20.8 Å². The van der Waals surface area contributed by atoms with Crippen LogP contribution < -0.4 is 5.32 Å². The first-order chi connectivity index (χ1) is 7.77. The standard InChI is InChI=1S/C12H20N2O2/c1-10(12(15-2)16-3)14-8-6-11-5-4-7-13-9-11/h4-5,7,9-10,12,14H,6,8H2,1-3H3. The quantitative estimate of drug-likeness (QED) is 0.707. The summed E-state index contributed by atoms with van der Waals surface area (Å²) in [4.78, 5) is 4.07. The fourth-order valence-electron chi connectivity index (χ4n) is 1.59. The van der Waals surface area contributed by atoms with Gasteiger partial charge in [0.15, 0.2) is 6.29 Å². The zero-order valence-electron chi connectivity index (χ0n) is 10.1. The minimum Gasteiger partial charge on any atom is -0.354 e. The summed E-state index contributed by atoms with van der Waals surface area (Å²) in [6, 6.07) is 4.20. The number of nitrogens with zero attached hydrogens (tertiary/aromatic N) is 1. The lowest BCUT2D eigenvalue weighted by atomic mass is 10.2. The van der Waals surface area contributed by atoms with Crippen molar-refractivity contribution in [3.63, 3.8) is 0 Å². The van der Waals surface area contributed by atoms with Crippen LogP contribution in [0.25, 0.3) is 0 Å². The highest BCUT2D eigenvalue weighted by Crippen LogP contribution is 2.00. The van der Waals surface area contributed by atoms with E-state index in [4.69, 9.17) is 9.47 Å². The molecule has 1 atom stereocenters. The van der Waals surface area contributed by atoms with Crippen LogP contribution in [0.4, 0.5) is 0 Å². The Bertz CT molecular complexity index is 276. The zero-order chi connectivity index (χ0) is 11.8. The second kappa shape index (κ2) is 7.33. The van der Waals surface area contributed by atoms with Gasteiger partial charge in [-0.15, -0.1) is 0 Å². The van der Waals surface area contributed by atoms with E-state index in [9.17, 15) is 0 Å². The highest BCUT2D eigenvalue weighted by atomic mass is 16.7. The Labute approximate surface area is 97.0 Å². The van der Waals surface area contributed by atoms with Crippen molar-refractivity contribution in [3.8, 4) is 0 Å². The Kier molecular flexibility index (Phi) is 6.00. The number of pyridine rings is 1. The molecule has 0 aliphatic heterocycles. The van der Waals surface area contributed by atoms with Crippen molar-refractivity contribution in [2.24, 2.45) is 0 Å². The predicted molar refractivity (Wildman–Crippen MR) is 63.2 cm³/mol. The van der Waals surface area contributed by atoms with Crippen molar-refractivity contribution in [3.05, 3.63) is 30.1 Å². The zero-order valence-corrected chi connectivity index (χ0v) is 10.1. The summed E-state index contributed by atoms with van der Waals surface area (Å²) in [5, 5.41) is 3.36. The molecule has 90 valence electrons. The topological polar surface area (TPSA) is 43.4 Å². The minimum absolute atomic E-state index is 0.173. The van der Waals surface area contributed by atoms with E-state index < -0.39 is 0 Å². The molecule has 16 heavy (non-hydrogen) atoms. The Morgan fingerprint density at radius 1 is 1.38 bits per heavy atom. The van der Waals surface area contributed by atoms with Crippen LogP contribution in [0.1, 0.15) is 12.5 Å². The lowest BCUT2D eigenvalue weighted by molar-refractivity contribution is -0.119. The number of hydrogen-bond donors (Lipinski definition) is 1. The van der Waals surface area contributed by atoms with Crippen molar-refractivity contribution in [2.45, 2.75) is 25.7 Å². The molecule has 4 nitrogen and oxygen atoms in total. The summed E-state index contributed by atoms with van der Waals surface area (Å²) in [5.74, 6) is 0. The molecule has 1 N–H and O–H groups in total. The van der Waals surface area contributed by atoms with Gasteiger partial charge in [-0.3, -0.25) is 4.98 Å². The molecular formula is C12H20N2O2. The van der Waals surface area contributed by atoms with E-state index in [-0.39, 0.29) is 12.3 Å². The van der Waals surface area contributed by atoms with Gasteiger partial charge in [-0.25, -0.2) is 0 Å². The van der Waals surface area contributed by atoms with Crippen molar-refractivity contribution in [1.29, 1.82) is 0 Å². The molecule has 0 aromatic carbocycles. The number of hydrogen-bond acceptors (Lipinski definition) is 4. The van der Waals surface area contributed by atoms with Gasteiger partial charge >= 0.3 is 0 Å². The molecule has 1 unspecified atom stereocenters. The maximum Gasteiger partial charge on any atom is 0.171 e. The monoisotopic (exact) mass is 224 g/mol. The molecule has 0 spiro atoms. The normalized spacial score (nSPS) is 13.0. The van der Waals surface area contributed by atoms with Crippen molar-refractivity contribution < 1.29 is 9.47 Å². The third-order valence-electron chi connectivity index (χ3n) is 2.48. The summed E-state index contributed by atoms with van der Waals surface area (Å²) in [5.41, 5.74) is 1.23. The van der Waals surface area contributed by atoms with Crippen LogP contribution in [0.3, 0.4) is 0 Å². The molecule has 0 amide bonds. The van der Waals surface area contributed by atoms with E-state index in [1.165, 1.54) is 5.56 Å². The molecule has 0 radical (unpaired) electrons. The van der Waals surface area contributed by atoms with Gasteiger partial charge in [0.2, 0.25) is 0 Å². The third-order valence-corrected chi connectivity index (χ3v) is 2.48. The number of rotatable bonds is 7. The largest absolute Gasteiger partial charge is 0.354 e. The molecule has 1 aromatic rings. The van der Waals surface area contributed by atoms with E-state index in [1.54, 1.807) is 20.4 Å². The van der Waals surface area contributed by atoms with E-state index in [2.05, 4.69) is 16.4 Å². The molecule has 1 heterocycles. The molecule has 0 bridgehead atoms. The van der Waals surface area contributed by atoms with Crippen molar-refractivity contribution >= 4 is 0 Å². The second-order valence-electron chi connectivity index (χ2n) is 3.69. The van der Waals surface area contributed by atoms with E-state index >= 15 is 0 Å². The SMILES string of the molecule is COC(OC)C(C)NCCc1cccnc1. The van der Waals surface area contributed by atoms with Gasteiger partial charge in [0, 0.05) is 26.6 Å². The van der Waals surface area contributed by atoms with Crippen LogP contribution in [0.15, 0.2) is 24.5 Å². The second-order valence-corrected chi connectivity index (χ2v) is 3.69. The summed E-state index contributed by atoms with van der Waals surface area (Å²) >= 11 is 0. The highest BCUT2D eigenvalue weighted by molar-refractivity contribution is 5.08. The first-order valence-electron chi connectivity index (χ1n) is 5.45. The van der Waals surface area contributed by atoms with Gasteiger partial charge in [-0.05, 0) is 31.5 Å². The number of nitrogens with one attached hydrogen (secondary N) is 1. The first kappa shape index (κ1) is 13.1. The lowest BCUT2D eigenvalue weighted by Gasteiger charge is -2.22. The molecular weight excluding hydrogens is 204 g/mol. The lowest BCUT2D eigenvalue weighted by Crippen LogP contribution is -2.40. The Balaban J connectivity index is 2.25. The van der Waals surface area contributed by atoms with Crippen LogP contribution in [0.2, 0.25) is 0 Å². The van der Waals surface area contributed by atoms with Gasteiger partial charge in [0.05, 0.1) is 6.04 Å². The van der Waals surface area contributed by atoms with E-state index in [0.717, 1.165) is 13.0 Å². The van der Waals surface area contributed by atoms with Gasteiger partial charge in [-0.1, -0.05) is 6.07 Å². The third kappa shape index (κ3) is 4.26. The van der Waals surface area contributed by atoms with Gasteiger partial charge < -0.3 is 14.8 Å². The fourth-order valence-corrected chi connectivity index (χ4v) is 1.59. The molecule has 0 aliphatic rings. The van der Waals surface area contributed by atoms with Gasteiger partial charge in [0.1, 0.15) is 0 Å². The van der Waals surface area contributed by atoms with Crippen LogP contribution in [-0.4, -0.2) is 38.1 Å². The molecule has 0 saturated carbocycles. The molecule has 0 fully saturated rings. The van der Waals surface area contributed by atoms with Crippen LogP contribution in [0.5, 0.6) is 0 Å². The van der Waals surface area contributed by atoms with Gasteiger partial charge in [0.25, 0.3) is 0 Å². The van der Waals surface area contributed by atoms with E-state index in [1.807, 2.05) is 19.2 Å². The minimum atomic E-state index is -0.200. The maximum absolute atomic E-state index is 5.17. The summed E-state index contributed by atoms with van der Waals surface area (Å²) in [6.07, 6.45) is 4.43. The smallest absolute Gasteiger partial charge is 0.171 e. The summed E-state index contributed by atoms with van der Waals surface area (Å²) in [6.45, 7) is 2.93. The number of aromatic nitrogens is 1. The fraction of sp³-hybridized carbons (Fsp3) is 0.583. The van der Waals surface area contributed by atoms with Crippen LogP contribution in [-0.2, 0) is 15.9 Å². The Morgan fingerprint density at radius 2 is 2.12 bits per heavy atom. The van der Waals surface area contributed by atoms with Gasteiger partial charge in [-0.2, -0.15) is 0 Å². The Morgan fingerprint density at radius 3 is 2.69 bits per heavy atom. The average molecular weight is 224 g/mol. The predicted octanol–water partition coefficient (Wildman–Crippen LogP) is 1.22. The Hall–Kier alpha value is -0.970. The van der Waals surface area contributed by atoms with Crippen molar-refractivity contribution in [1.82, 2.24) is 10.3 Å². The molecule has 0 aliphatic carbocycles. The molecule has 1 aromatic heterocycles. The number of methoxy groups -OCH3 is 2. The summed E-state index contributed by atoms with van der Waals surface area (Å²) < 4.78 is 10.3. The van der Waals surface area contributed by atoms with E-state index in [0.29, 0.717) is 0 Å². The molecule has 1 rings (SSSR count). The molecule has 4 heteroatoms. The number of ether oxygens (including phenoxy) is 2. The average Bonchev–Trinajstić information content (AvgIpc) is 2.32. The summed E-state index contributed by atoms with van der Waals surface area (Å²) in [7, 11) is 3.29.